The van der Waals surface area contributed by atoms with E-state index in [-0.39, 0.29) is 5.91 Å². The molecule has 5 heteroatoms. The van der Waals surface area contributed by atoms with E-state index in [1.807, 2.05) is 0 Å². The van der Waals surface area contributed by atoms with Crippen molar-refractivity contribution in [2.75, 3.05) is 13.2 Å². The highest BCUT2D eigenvalue weighted by molar-refractivity contribution is 5.94. The molecular formula is C14H17NO4. The number of hydrogen-bond acceptors (Lipinski definition) is 3. The summed E-state index contributed by atoms with van der Waals surface area (Å²) in [5.74, 6) is -0.0245. The number of benzene rings is 1. The van der Waals surface area contributed by atoms with Gasteiger partial charge in [0.05, 0.1) is 0 Å². The Kier molecular flexibility index (Phi) is 4.39. The number of rotatable bonds is 7. The Morgan fingerprint density at radius 2 is 2.16 bits per heavy atom. The first-order chi connectivity index (χ1) is 9.15. The number of carboxylic acids is 1. The average molecular weight is 263 g/mol. The maximum Gasteiger partial charge on any atom is 0.341 e. The minimum atomic E-state index is -1.04. The first kappa shape index (κ1) is 13.4. The predicted molar refractivity (Wildman–Crippen MR) is 69.2 cm³/mol. The Morgan fingerprint density at radius 1 is 1.37 bits per heavy atom. The number of carbonyl (C=O) groups is 2. The van der Waals surface area contributed by atoms with E-state index in [0.717, 1.165) is 12.3 Å². The topological polar surface area (TPSA) is 75.6 Å². The maximum absolute atomic E-state index is 11.9. The first-order valence-electron chi connectivity index (χ1n) is 6.38. The Morgan fingerprint density at radius 3 is 2.84 bits per heavy atom. The van der Waals surface area contributed by atoms with Gasteiger partial charge in [0.1, 0.15) is 5.75 Å². The molecule has 0 aromatic heterocycles. The highest BCUT2D eigenvalue weighted by Gasteiger charge is 2.20. The molecule has 2 rings (SSSR count). The van der Waals surface area contributed by atoms with Crippen molar-refractivity contribution in [1.29, 1.82) is 0 Å². The van der Waals surface area contributed by atoms with Crippen molar-refractivity contribution in [3.8, 4) is 5.75 Å². The fourth-order valence-electron chi connectivity index (χ4n) is 1.77. The lowest BCUT2D eigenvalue weighted by atomic mass is 10.2. The van der Waals surface area contributed by atoms with Crippen LogP contribution in [-0.2, 0) is 4.79 Å². The van der Waals surface area contributed by atoms with Gasteiger partial charge in [0.25, 0.3) is 5.91 Å². The summed E-state index contributed by atoms with van der Waals surface area (Å²) in [5.41, 5.74) is 0.485. The van der Waals surface area contributed by atoms with Crippen LogP contribution >= 0.6 is 0 Å². The number of nitrogens with one attached hydrogen (secondary N) is 1. The van der Waals surface area contributed by atoms with Gasteiger partial charge in [-0.3, -0.25) is 4.79 Å². The second-order valence-electron chi connectivity index (χ2n) is 4.70. The van der Waals surface area contributed by atoms with Gasteiger partial charge < -0.3 is 15.2 Å². The van der Waals surface area contributed by atoms with Crippen molar-refractivity contribution in [3.63, 3.8) is 0 Å². The van der Waals surface area contributed by atoms with E-state index < -0.39 is 12.6 Å². The van der Waals surface area contributed by atoms with E-state index in [0.29, 0.717) is 17.9 Å². The van der Waals surface area contributed by atoms with Gasteiger partial charge in [-0.25, -0.2) is 4.79 Å². The molecule has 0 unspecified atom stereocenters. The van der Waals surface area contributed by atoms with Crippen molar-refractivity contribution in [3.05, 3.63) is 29.8 Å². The monoisotopic (exact) mass is 263 g/mol. The van der Waals surface area contributed by atoms with Gasteiger partial charge in [-0.2, -0.15) is 0 Å². The summed E-state index contributed by atoms with van der Waals surface area (Å²) in [6, 6.07) is 6.53. The van der Waals surface area contributed by atoms with Gasteiger partial charge in [0.2, 0.25) is 0 Å². The molecule has 1 aliphatic carbocycles. The van der Waals surface area contributed by atoms with Crippen molar-refractivity contribution < 1.29 is 19.4 Å². The number of amides is 1. The fourth-order valence-corrected chi connectivity index (χ4v) is 1.77. The third-order valence-electron chi connectivity index (χ3n) is 2.99. The van der Waals surface area contributed by atoms with Crippen molar-refractivity contribution >= 4 is 11.9 Å². The highest BCUT2D eigenvalue weighted by Crippen LogP contribution is 2.31. The number of aliphatic carboxylic acids is 1. The van der Waals surface area contributed by atoms with E-state index in [2.05, 4.69) is 5.32 Å². The molecule has 0 radical (unpaired) electrons. The minimum absolute atomic E-state index is 0.151. The molecule has 102 valence electrons. The quantitative estimate of drug-likeness (QED) is 0.784. The van der Waals surface area contributed by atoms with Gasteiger partial charge in [-0.05, 0) is 30.5 Å². The average Bonchev–Trinajstić information content (AvgIpc) is 3.21. The summed E-state index contributed by atoms with van der Waals surface area (Å²) in [6.45, 7) is 0.274. The number of carbonyl (C=O) groups excluding carboxylic acids is 1. The van der Waals surface area contributed by atoms with Crippen LogP contribution in [0, 0.1) is 5.92 Å². The van der Waals surface area contributed by atoms with E-state index in [1.54, 1.807) is 24.3 Å². The number of ether oxygens (including phenoxy) is 1. The maximum atomic E-state index is 11.9. The molecule has 5 nitrogen and oxygen atoms in total. The molecule has 1 aliphatic rings. The lowest BCUT2D eigenvalue weighted by Crippen LogP contribution is -2.24. The lowest BCUT2D eigenvalue weighted by Gasteiger charge is -2.07. The minimum Gasteiger partial charge on any atom is -0.482 e. The number of carboxylic acid groups (broad SMARTS) is 1. The first-order valence-corrected chi connectivity index (χ1v) is 6.38. The molecule has 1 aromatic carbocycles. The van der Waals surface area contributed by atoms with Crippen LogP contribution in [0.5, 0.6) is 5.75 Å². The molecular weight excluding hydrogens is 246 g/mol. The van der Waals surface area contributed by atoms with Crippen LogP contribution in [-0.4, -0.2) is 30.1 Å². The summed E-state index contributed by atoms with van der Waals surface area (Å²) < 4.78 is 5.03. The molecule has 1 fully saturated rings. The second-order valence-corrected chi connectivity index (χ2v) is 4.70. The van der Waals surface area contributed by atoms with Crippen LogP contribution in [0.4, 0.5) is 0 Å². The SMILES string of the molecule is O=C(O)COc1cccc(C(=O)NCCC2CC2)c1. The second kappa shape index (κ2) is 6.22. The van der Waals surface area contributed by atoms with Gasteiger partial charge >= 0.3 is 5.97 Å². The van der Waals surface area contributed by atoms with E-state index in [1.165, 1.54) is 12.8 Å². The molecule has 1 saturated carbocycles. The van der Waals surface area contributed by atoms with Crippen LogP contribution < -0.4 is 10.1 Å². The van der Waals surface area contributed by atoms with Crippen LogP contribution in [0.3, 0.4) is 0 Å². The predicted octanol–water partition coefficient (Wildman–Crippen LogP) is 1.68. The molecule has 2 N–H and O–H groups in total. The smallest absolute Gasteiger partial charge is 0.341 e. The number of hydrogen-bond donors (Lipinski definition) is 2. The molecule has 19 heavy (non-hydrogen) atoms. The zero-order chi connectivity index (χ0) is 13.7. The molecule has 1 aromatic rings. The standard InChI is InChI=1S/C14H17NO4/c16-13(17)9-19-12-3-1-2-11(8-12)14(18)15-7-6-10-4-5-10/h1-3,8,10H,4-7,9H2,(H,15,18)(H,16,17). The Labute approximate surface area is 111 Å². The molecule has 0 atom stereocenters. The Bertz CT molecular complexity index is 468. The van der Waals surface area contributed by atoms with E-state index >= 15 is 0 Å². The summed E-state index contributed by atoms with van der Waals surface area (Å²) in [4.78, 5) is 22.3. The molecule has 0 heterocycles. The van der Waals surface area contributed by atoms with Crippen LogP contribution in [0.2, 0.25) is 0 Å². The van der Waals surface area contributed by atoms with Crippen molar-refractivity contribution in [1.82, 2.24) is 5.32 Å². The van der Waals surface area contributed by atoms with Crippen molar-refractivity contribution in [2.45, 2.75) is 19.3 Å². The van der Waals surface area contributed by atoms with Crippen LogP contribution in [0.1, 0.15) is 29.6 Å². The zero-order valence-electron chi connectivity index (χ0n) is 10.6. The van der Waals surface area contributed by atoms with Gasteiger partial charge in [0.15, 0.2) is 6.61 Å². The summed E-state index contributed by atoms with van der Waals surface area (Å²) in [6.07, 6.45) is 3.57. The normalized spacial score (nSPS) is 13.9. The van der Waals surface area contributed by atoms with Crippen molar-refractivity contribution in [2.24, 2.45) is 5.92 Å². The zero-order valence-corrected chi connectivity index (χ0v) is 10.6. The van der Waals surface area contributed by atoms with E-state index in [4.69, 9.17) is 9.84 Å². The molecule has 0 aliphatic heterocycles. The van der Waals surface area contributed by atoms with Gasteiger partial charge in [-0.15, -0.1) is 0 Å². The molecule has 0 saturated heterocycles. The summed E-state index contributed by atoms with van der Waals surface area (Å²) >= 11 is 0. The molecule has 0 spiro atoms. The third-order valence-corrected chi connectivity index (χ3v) is 2.99. The largest absolute Gasteiger partial charge is 0.482 e. The summed E-state index contributed by atoms with van der Waals surface area (Å²) in [5, 5.41) is 11.4. The Balaban J connectivity index is 1.85. The lowest BCUT2D eigenvalue weighted by molar-refractivity contribution is -0.139. The summed E-state index contributed by atoms with van der Waals surface area (Å²) in [7, 11) is 0. The van der Waals surface area contributed by atoms with Gasteiger partial charge in [0, 0.05) is 12.1 Å². The van der Waals surface area contributed by atoms with Crippen LogP contribution in [0.25, 0.3) is 0 Å². The van der Waals surface area contributed by atoms with Gasteiger partial charge in [-0.1, -0.05) is 18.9 Å². The molecule has 0 bridgehead atoms. The fraction of sp³-hybridized carbons (Fsp3) is 0.429. The highest BCUT2D eigenvalue weighted by atomic mass is 16.5. The third kappa shape index (κ3) is 4.62. The Hall–Kier alpha value is -2.04. The van der Waals surface area contributed by atoms with Crippen LogP contribution in [0.15, 0.2) is 24.3 Å². The molecule has 1 amide bonds. The van der Waals surface area contributed by atoms with E-state index in [9.17, 15) is 9.59 Å².